The highest BCUT2D eigenvalue weighted by Crippen LogP contribution is 2.08. The van der Waals surface area contributed by atoms with Crippen molar-refractivity contribution in [2.24, 2.45) is 0 Å². The van der Waals surface area contributed by atoms with Crippen LogP contribution in [0.3, 0.4) is 0 Å². The molecule has 2 aromatic heterocycles. The maximum absolute atomic E-state index is 11.4. The molecule has 0 bridgehead atoms. The highest BCUT2D eigenvalue weighted by molar-refractivity contribution is 7.13. The normalized spacial score (nSPS) is 9.87. The van der Waals surface area contributed by atoms with Gasteiger partial charge in [0.05, 0.1) is 12.1 Å². The smallest absolute Gasteiger partial charge is 0.232 e. The summed E-state index contributed by atoms with van der Waals surface area (Å²) >= 11 is 1.27. The molecule has 2 heterocycles. The van der Waals surface area contributed by atoms with Crippen molar-refractivity contribution in [1.82, 2.24) is 20.2 Å². The number of nitrogens with one attached hydrogen (secondary N) is 1. The molecular formula is C8H7N5OS. The number of rotatable bonds is 3. The van der Waals surface area contributed by atoms with Gasteiger partial charge in [-0.05, 0) is 6.07 Å². The van der Waals surface area contributed by atoms with Crippen LogP contribution in [0.1, 0.15) is 5.69 Å². The van der Waals surface area contributed by atoms with Crippen molar-refractivity contribution in [2.75, 3.05) is 5.32 Å². The summed E-state index contributed by atoms with van der Waals surface area (Å²) in [6.07, 6.45) is 3.22. The Kier molecular flexibility index (Phi) is 2.93. The Morgan fingerprint density at radius 1 is 1.53 bits per heavy atom. The molecule has 0 radical (unpaired) electrons. The second-order valence-electron chi connectivity index (χ2n) is 2.67. The molecule has 6 nitrogen and oxygen atoms in total. The molecule has 0 saturated carbocycles. The molecule has 0 saturated heterocycles. The summed E-state index contributed by atoms with van der Waals surface area (Å²) in [6, 6.07) is 1.69. The van der Waals surface area contributed by atoms with Gasteiger partial charge in [0.1, 0.15) is 11.8 Å². The average Bonchev–Trinajstić information content (AvgIpc) is 2.71. The summed E-state index contributed by atoms with van der Waals surface area (Å²) in [5, 5.41) is 10.4. The van der Waals surface area contributed by atoms with Crippen LogP contribution in [0.15, 0.2) is 24.1 Å². The van der Waals surface area contributed by atoms with Gasteiger partial charge in [-0.25, -0.2) is 9.97 Å². The molecule has 15 heavy (non-hydrogen) atoms. The average molecular weight is 221 g/mol. The van der Waals surface area contributed by atoms with Crippen molar-refractivity contribution in [1.29, 1.82) is 0 Å². The van der Waals surface area contributed by atoms with Gasteiger partial charge in [0.25, 0.3) is 0 Å². The molecular weight excluding hydrogens is 214 g/mol. The maximum atomic E-state index is 11.4. The van der Waals surface area contributed by atoms with Crippen molar-refractivity contribution in [3.8, 4) is 0 Å². The number of hydrogen-bond acceptors (Lipinski definition) is 6. The number of carbonyl (C=O) groups is 1. The van der Waals surface area contributed by atoms with Crippen molar-refractivity contribution in [2.45, 2.75) is 6.42 Å². The predicted molar refractivity (Wildman–Crippen MR) is 54.3 cm³/mol. The van der Waals surface area contributed by atoms with Gasteiger partial charge in [0.15, 0.2) is 0 Å². The summed E-state index contributed by atoms with van der Waals surface area (Å²) in [5.74, 6) is -0.162. The van der Waals surface area contributed by atoms with E-state index in [1.54, 1.807) is 17.8 Å². The lowest BCUT2D eigenvalue weighted by atomic mass is 10.3. The van der Waals surface area contributed by atoms with Gasteiger partial charge in [0, 0.05) is 6.20 Å². The molecule has 2 aromatic rings. The van der Waals surface area contributed by atoms with Crippen LogP contribution >= 0.6 is 11.3 Å². The largest absolute Gasteiger partial charge is 0.300 e. The van der Waals surface area contributed by atoms with Gasteiger partial charge in [-0.1, -0.05) is 11.3 Å². The van der Waals surface area contributed by atoms with Crippen molar-refractivity contribution >= 4 is 22.4 Å². The minimum absolute atomic E-state index is 0.162. The van der Waals surface area contributed by atoms with Crippen LogP contribution in [0.25, 0.3) is 0 Å². The van der Waals surface area contributed by atoms with Crippen LogP contribution in [-0.4, -0.2) is 26.1 Å². The third-order valence-electron chi connectivity index (χ3n) is 1.59. The zero-order valence-corrected chi connectivity index (χ0v) is 8.44. The van der Waals surface area contributed by atoms with Crippen molar-refractivity contribution in [3.63, 3.8) is 0 Å². The first kappa shape index (κ1) is 9.66. The summed E-state index contributed by atoms with van der Waals surface area (Å²) in [5.41, 5.74) is 2.23. The quantitative estimate of drug-likeness (QED) is 0.816. The molecule has 0 fully saturated rings. The Labute approximate surface area is 89.4 Å². The molecule has 0 aliphatic rings. The molecule has 0 atom stereocenters. The SMILES string of the molecule is O=C(Cc1ccncn1)Nc1nncs1. The molecule has 2 rings (SSSR count). The second-order valence-corrected chi connectivity index (χ2v) is 3.50. The van der Waals surface area contributed by atoms with Crippen LogP contribution in [0.4, 0.5) is 5.13 Å². The van der Waals surface area contributed by atoms with Gasteiger partial charge < -0.3 is 5.32 Å². The fourth-order valence-electron chi connectivity index (χ4n) is 0.978. The van der Waals surface area contributed by atoms with Crippen molar-refractivity contribution < 1.29 is 4.79 Å². The number of carbonyl (C=O) groups excluding carboxylic acids is 1. The van der Waals surface area contributed by atoms with Gasteiger partial charge in [0.2, 0.25) is 11.0 Å². The molecule has 0 aromatic carbocycles. The van der Waals surface area contributed by atoms with E-state index in [9.17, 15) is 4.79 Å². The lowest BCUT2D eigenvalue weighted by Crippen LogP contribution is -2.15. The molecule has 0 aliphatic carbocycles. The zero-order valence-electron chi connectivity index (χ0n) is 7.62. The third-order valence-corrected chi connectivity index (χ3v) is 2.20. The Morgan fingerprint density at radius 2 is 2.47 bits per heavy atom. The summed E-state index contributed by atoms with van der Waals surface area (Å²) in [4.78, 5) is 19.2. The van der Waals surface area contributed by atoms with E-state index < -0.39 is 0 Å². The number of nitrogens with zero attached hydrogens (tertiary/aromatic N) is 4. The van der Waals surface area contributed by atoms with Crippen molar-refractivity contribution in [3.05, 3.63) is 29.8 Å². The summed E-state index contributed by atoms with van der Waals surface area (Å²) in [7, 11) is 0. The first-order valence-electron chi connectivity index (χ1n) is 4.15. The van der Waals surface area contributed by atoms with Crippen LogP contribution in [0.2, 0.25) is 0 Å². The zero-order chi connectivity index (χ0) is 10.5. The van der Waals surface area contributed by atoms with E-state index in [0.29, 0.717) is 10.8 Å². The molecule has 1 N–H and O–H groups in total. The van der Waals surface area contributed by atoms with Crippen LogP contribution < -0.4 is 5.32 Å². The molecule has 0 unspecified atom stereocenters. The highest BCUT2D eigenvalue weighted by atomic mass is 32.1. The molecule has 7 heteroatoms. The Morgan fingerprint density at radius 3 is 3.13 bits per heavy atom. The topological polar surface area (TPSA) is 80.7 Å². The number of anilines is 1. The van der Waals surface area contributed by atoms with Crippen LogP contribution in [0.5, 0.6) is 0 Å². The fourth-order valence-corrected chi connectivity index (χ4v) is 1.44. The van der Waals surface area contributed by atoms with Gasteiger partial charge in [-0.3, -0.25) is 4.79 Å². The van der Waals surface area contributed by atoms with Gasteiger partial charge >= 0.3 is 0 Å². The van der Waals surface area contributed by atoms with E-state index in [2.05, 4.69) is 25.5 Å². The summed E-state index contributed by atoms with van der Waals surface area (Å²) in [6.45, 7) is 0. The Hall–Kier alpha value is -1.89. The number of aromatic nitrogens is 4. The van der Waals surface area contributed by atoms with E-state index in [1.807, 2.05) is 0 Å². The Balaban J connectivity index is 1.94. The van der Waals surface area contributed by atoms with Gasteiger partial charge in [-0.2, -0.15) is 0 Å². The lowest BCUT2D eigenvalue weighted by Gasteiger charge is -1.99. The predicted octanol–water partition coefficient (Wildman–Crippen LogP) is 0.509. The van der Waals surface area contributed by atoms with E-state index in [-0.39, 0.29) is 12.3 Å². The maximum Gasteiger partial charge on any atom is 0.232 e. The molecule has 76 valence electrons. The van der Waals surface area contributed by atoms with Crippen LogP contribution in [0, 0.1) is 0 Å². The minimum Gasteiger partial charge on any atom is -0.300 e. The summed E-state index contributed by atoms with van der Waals surface area (Å²) < 4.78 is 0. The monoisotopic (exact) mass is 221 g/mol. The fraction of sp³-hybridized carbons (Fsp3) is 0.125. The first-order valence-corrected chi connectivity index (χ1v) is 5.03. The van der Waals surface area contributed by atoms with E-state index in [0.717, 1.165) is 0 Å². The second kappa shape index (κ2) is 4.56. The van der Waals surface area contributed by atoms with E-state index in [4.69, 9.17) is 0 Å². The molecule has 0 aliphatic heterocycles. The molecule has 1 amide bonds. The third kappa shape index (κ3) is 2.78. The standard InChI is InChI=1S/C8H7N5OS/c14-7(12-8-13-11-5-15-8)3-6-1-2-9-4-10-6/h1-2,4-5H,3H2,(H,12,13,14). The minimum atomic E-state index is -0.162. The van der Waals surface area contributed by atoms with E-state index >= 15 is 0 Å². The molecule has 0 spiro atoms. The van der Waals surface area contributed by atoms with Gasteiger partial charge in [-0.15, -0.1) is 10.2 Å². The lowest BCUT2D eigenvalue weighted by molar-refractivity contribution is -0.115. The number of hydrogen-bond donors (Lipinski definition) is 1. The Bertz CT molecular complexity index is 430. The number of amides is 1. The van der Waals surface area contributed by atoms with Crippen LogP contribution in [-0.2, 0) is 11.2 Å². The highest BCUT2D eigenvalue weighted by Gasteiger charge is 2.06. The first-order chi connectivity index (χ1) is 7.34. The van der Waals surface area contributed by atoms with E-state index in [1.165, 1.54) is 17.7 Å².